The minimum absolute atomic E-state index is 0.0469. The average molecular weight is 268 g/mol. The topological polar surface area (TPSA) is 60.4 Å². The summed E-state index contributed by atoms with van der Waals surface area (Å²) in [6, 6.07) is 0. The molecule has 0 spiro atoms. The fourth-order valence-corrected chi connectivity index (χ4v) is 3.14. The first kappa shape index (κ1) is 15.9. The molecule has 0 aliphatic heterocycles. The molecule has 1 aliphatic rings. The highest BCUT2D eigenvalue weighted by atomic mass is 16.5. The zero-order valence-corrected chi connectivity index (χ0v) is 12.3. The molecule has 19 heavy (non-hydrogen) atoms. The van der Waals surface area contributed by atoms with Crippen molar-refractivity contribution < 1.29 is 19.1 Å². The summed E-state index contributed by atoms with van der Waals surface area (Å²) in [7, 11) is 0. The van der Waals surface area contributed by atoms with Crippen molar-refractivity contribution in [2.75, 3.05) is 0 Å². The Balaban J connectivity index is 2.94. The average Bonchev–Trinajstić information content (AvgIpc) is 2.31. The Kier molecular flexibility index (Phi) is 4.88. The molecule has 0 saturated heterocycles. The number of hydrogen-bond donors (Lipinski definition) is 0. The van der Waals surface area contributed by atoms with E-state index < -0.39 is 11.5 Å². The van der Waals surface area contributed by atoms with Crippen LogP contribution >= 0.6 is 0 Å². The lowest BCUT2D eigenvalue weighted by Gasteiger charge is -2.44. The van der Waals surface area contributed by atoms with E-state index in [1.807, 2.05) is 20.8 Å². The number of Topliss-reactive ketones (excluding diaryl/α,β-unsaturated/α-hetero) is 2. The van der Waals surface area contributed by atoms with Crippen molar-refractivity contribution in [1.29, 1.82) is 0 Å². The van der Waals surface area contributed by atoms with E-state index in [0.29, 0.717) is 25.7 Å². The highest BCUT2D eigenvalue weighted by molar-refractivity contribution is 5.91. The smallest absolute Gasteiger partial charge is 0.293 e. The first-order valence-corrected chi connectivity index (χ1v) is 6.87. The van der Waals surface area contributed by atoms with Crippen LogP contribution < -0.4 is 0 Å². The third-order valence-corrected chi connectivity index (χ3v) is 4.32. The van der Waals surface area contributed by atoms with Crippen molar-refractivity contribution >= 4 is 18.0 Å². The monoisotopic (exact) mass is 268 g/mol. The predicted octanol–water partition coefficient (Wildman–Crippen LogP) is 2.68. The number of carbonyl (C=O) groups excluding carboxylic acids is 3. The van der Waals surface area contributed by atoms with E-state index in [4.69, 9.17) is 4.74 Å². The Hall–Kier alpha value is -1.19. The van der Waals surface area contributed by atoms with Gasteiger partial charge in [0.2, 0.25) is 0 Å². The van der Waals surface area contributed by atoms with Crippen molar-refractivity contribution in [1.82, 2.24) is 0 Å². The van der Waals surface area contributed by atoms with Crippen molar-refractivity contribution in [3.63, 3.8) is 0 Å². The number of carbonyl (C=O) groups is 3. The third-order valence-electron chi connectivity index (χ3n) is 4.32. The van der Waals surface area contributed by atoms with Gasteiger partial charge < -0.3 is 9.53 Å². The minimum atomic E-state index is -0.669. The Morgan fingerprint density at radius 2 is 2.00 bits per heavy atom. The Labute approximate surface area is 114 Å². The van der Waals surface area contributed by atoms with Crippen molar-refractivity contribution in [2.45, 2.75) is 65.9 Å². The summed E-state index contributed by atoms with van der Waals surface area (Å²) in [5.41, 5.74) is -1.05. The van der Waals surface area contributed by atoms with Crippen LogP contribution in [0.1, 0.15) is 59.8 Å². The molecule has 108 valence electrons. The van der Waals surface area contributed by atoms with E-state index in [2.05, 4.69) is 0 Å². The summed E-state index contributed by atoms with van der Waals surface area (Å²) in [5.74, 6) is 0.187. The summed E-state index contributed by atoms with van der Waals surface area (Å²) in [6.45, 7) is 7.65. The molecule has 0 aromatic rings. The Morgan fingerprint density at radius 3 is 2.53 bits per heavy atom. The molecule has 0 aromatic carbocycles. The highest BCUT2D eigenvalue weighted by Crippen LogP contribution is 2.46. The largest absolute Gasteiger partial charge is 0.464 e. The molecule has 0 amide bonds. The molecule has 0 unspecified atom stereocenters. The second-order valence-electron chi connectivity index (χ2n) is 6.45. The summed E-state index contributed by atoms with van der Waals surface area (Å²) >= 11 is 0. The normalized spacial score (nSPS) is 27.7. The molecule has 1 rings (SSSR count). The fourth-order valence-electron chi connectivity index (χ4n) is 3.14. The second kappa shape index (κ2) is 5.85. The van der Waals surface area contributed by atoms with Gasteiger partial charge in [-0.2, -0.15) is 0 Å². The van der Waals surface area contributed by atoms with Gasteiger partial charge >= 0.3 is 0 Å². The van der Waals surface area contributed by atoms with E-state index >= 15 is 0 Å². The number of ketones is 2. The van der Waals surface area contributed by atoms with E-state index in [1.54, 1.807) is 0 Å². The van der Waals surface area contributed by atoms with Gasteiger partial charge in [0.15, 0.2) is 0 Å². The summed E-state index contributed by atoms with van der Waals surface area (Å²) < 4.78 is 5.14. The van der Waals surface area contributed by atoms with Gasteiger partial charge in [-0.1, -0.05) is 20.3 Å². The van der Waals surface area contributed by atoms with Crippen LogP contribution in [-0.4, -0.2) is 24.1 Å². The maximum atomic E-state index is 12.6. The van der Waals surface area contributed by atoms with Crippen molar-refractivity contribution in [3.8, 4) is 0 Å². The molecule has 0 heterocycles. The van der Waals surface area contributed by atoms with E-state index in [1.165, 1.54) is 6.92 Å². The van der Waals surface area contributed by atoms with Crippen LogP contribution in [0.15, 0.2) is 0 Å². The molecule has 0 N–H and O–H groups in total. The van der Waals surface area contributed by atoms with E-state index in [-0.39, 0.29) is 17.0 Å². The predicted molar refractivity (Wildman–Crippen MR) is 71.6 cm³/mol. The maximum Gasteiger partial charge on any atom is 0.293 e. The van der Waals surface area contributed by atoms with Gasteiger partial charge in [0.1, 0.15) is 17.7 Å². The molecule has 2 atom stereocenters. The van der Waals surface area contributed by atoms with Gasteiger partial charge in [-0.25, -0.2) is 0 Å². The van der Waals surface area contributed by atoms with Crippen molar-refractivity contribution in [2.24, 2.45) is 10.8 Å². The van der Waals surface area contributed by atoms with Gasteiger partial charge in [0.05, 0.1) is 5.41 Å². The van der Waals surface area contributed by atoms with Crippen LogP contribution in [0.3, 0.4) is 0 Å². The minimum Gasteiger partial charge on any atom is -0.464 e. The van der Waals surface area contributed by atoms with Gasteiger partial charge in [-0.05, 0) is 33.1 Å². The molecule has 0 bridgehead atoms. The lowest BCUT2D eigenvalue weighted by atomic mass is 9.60. The van der Waals surface area contributed by atoms with Gasteiger partial charge in [0.25, 0.3) is 6.47 Å². The highest BCUT2D eigenvalue weighted by Gasteiger charge is 2.50. The van der Waals surface area contributed by atoms with Crippen LogP contribution in [0.4, 0.5) is 0 Å². The molecule has 1 saturated carbocycles. The van der Waals surface area contributed by atoms with E-state index in [0.717, 1.165) is 12.8 Å². The quantitative estimate of drug-likeness (QED) is 0.695. The first-order valence-electron chi connectivity index (χ1n) is 6.87. The van der Waals surface area contributed by atoms with E-state index in [9.17, 15) is 14.4 Å². The number of rotatable bonds is 6. The zero-order chi connectivity index (χ0) is 14.7. The van der Waals surface area contributed by atoms with Crippen LogP contribution in [0.2, 0.25) is 0 Å². The molecule has 1 fully saturated rings. The third kappa shape index (κ3) is 3.43. The zero-order valence-electron chi connectivity index (χ0n) is 12.3. The second-order valence-corrected chi connectivity index (χ2v) is 6.45. The van der Waals surface area contributed by atoms with Crippen LogP contribution in [-0.2, 0) is 19.1 Å². The molecule has 4 heteroatoms. The summed E-state index contributed by atoms with van der Waals surface area (Å²) in [5, 5.41) is 0. The first-order chi connectivity index (χ1) is 8.74. The molecule has 1 aliphatic carbocycles. The lowest BCUT2D eigenvalue weighted by molar-refractivity contribution is -0.158. The molecule has 0 aromatic heterocycles. The number of ether oxygens (including phenoxy) is 1. The standard InChI is InChI=1S/C15H24O4/c1-11(17)6-7-12(19-10-16)15(4)9-5-8-14(2,3)13(15)18/h10,12H,5-9H2,1-4H3/t12-,15+/m1/s1. The van der Waals surface area contributed by atoms with Crippen molar-refractivity contribution in [3.05, 3.63) is 0 Å². The lowest BCUT2D eigenvalue weighted by Crippen LogP contribution is -2.50. The SMILES string of the molecule is CC(=O)CC[C@@H](OC=O)[C@]1(C)CCCC(C)(C)C1=O. The van der Waals surface area contributed by atoms with Crippen LogP contribution in [0.5, 0.6) is 0 Å². The fraction of sp³-hybridized carbons (Fsp3) is 0.800. The maximum absolute atomic E-state index is 12.6. The van der Waals surface area contributed by atoms with Crippen LogP contribution in [0, 0.1) is 10.8 Å². The van der Waals surface area contributed by atoms with Gasteiger partial charge in [-0.3, -0.25) is 9.59 Å². The van der Waals surface area contributed by atoms with Gasteiger partial charge in [-0.15, -0.1) is 0 Å². The number of hydrogen-bond acceptors (Lipinski definition) is 4. The molecular formula is C15H24O4. The van der Waals surface area contributed by atoms with Gasteiger partial charge in [0, 0.05) is 11.8 Å². The molecular weight excluding hydrogens is 244 g/mol. The summed E-state index contributed by atoms with van der Waals surface area (Å²) in [4.78, 5) is 34.5. The molecule has 0 radical (unpaired) electrons. The Morgan fingerprint density at radius 1 is 1.37 bits per heavy atom. The summed E-state index contributed by atoms with van der Waals surface area (Å²) in [6.07, 6.45) is 2.77. The molecule has 4 nitrogen and oxygen atoms in total. The van der Waals surface area contributed by atoms with Crippen LogP contribution in [0.25, 0.3) is 0 Å². The Bertz CT molecular complexity index is 372.